The van der Waals surface area contributed by atoms with Crippen LogP contribution in [0.2, 0.25) is 0 Å². The van der Waals surface area contributed by atoms with Crippen molar-refractivity contribution in [1.82, 2.24) is 5.32 Å². The van der Waals surface area contributed by atoms with Crippen LogP contribution in [0.1, 0.15) is 20.3 Å². The molecule has 0 atom stereocenters. The molecule has 0 fully saturated rings. The molecule has 0 saturated heterocycles. The summed E-state index contributed by atoms with van der Waals surface area (Å²) in [5.41, 5.74) is -0.111. The lowest BCUT2D eigenvalue weighted by Gasteiger charge is -2.10. The Kier molecular flexibility index (Phi) is 6.67. The summed E-state index contributed by atoms with van der Waals surface area (Å²) in [4.78, 5) is 10.6. The largest absolute Gasteiger partial charge is 0.487 e. The molecular weight excluding hydrogens is 248 g/mol. The number of nitro benzene ring substituents is 1. The van der Waals surface area contributed by atoms with Crippen LogP contribution in [0, 0.1) is 10.1 Å². The van der Waals surface area contributed by atoms with Crippen LogP contribution in [-0.2, 0) is 0 Å². The van der Waals surface area contributed by atoms with E-state index in [4.69, 9.17) is 9.47 Å². The van der Waals surface area contributed by atoms with Crippen molar-refractivity contribution in [1.29, 1.82) is 0 Å². The van der Waals surface area contributed by atoms with E-state index in [1.54, 1.807) is 25.1 Å². The standard InChI is InChI=1S/C13H20N2O4/c1-3-8-14-9-10-19-12-7-5-6-11(18-4-2)13(12)15(16)17/h5-7,14H,3-4,8-10H2,1-2H3. The molecule has 1 aromatic rings. The number of ether oxygens (including phenoxy) is 2. The van der Waals surface area contributed by atoms with Gasteiger partial charge in [-0.1, -0.05) is 13.0 Å². The molecule has 0 bridgehead atoms. The van der Waals surface area contributed by atoms with E-state index in [1.165, 1.54) is 0 Å². The van der Waals surface area contributed by atoms with Crippen molar-refractivity contribution in [2.24, 2.45) is 0 Å². The maximum atomic E-state index is 11.1. The number of nitrogens with zero attached hydrogens (tertiary/aromatic N) is 1. The van der Waals surface area contributed by atoms with Gasteiger partial charge in [-0.25, -0.2) is 0 Å². The summed E-state index contributed by atoms with van der Waals surface area (Å²) in [7, 11) is 0. The van der Waals surface area contributed by atoms with Crippen LogP contribution >= 0.6 is 0 Å². The maximum absolute atomic E-state index is 11.1. The van der Waals surface area contributed by atoms with E-state index in [2.05, 4.69) is 12.2 Å². The summed E-state index contributed by atoms with van der Waals surface area (Å²) in [6.07, 6.45) is 1.04. The van der Waals surface area contributed by atoms with Crippen molar-refractivity contribution in [3.8, 4) is 11.5 Å². The fourth-order valence-electron chi connectivity index (χ4n) is 1.61. The Bertz CT molecular complexity index is 410. The second kappa shape index (κ2) is 8.31. The van der Waals surface area contributed by atoms with Crippen LogP contribution in [0.25, 0.3) is 0 Å². The molecule has 0 spiro atoms. The first kappa shape index (κ1) is 15.2. The zero-order valence-electron chi connectivity index (χ0n) is 11.3. The summed E-state index contributed by atoms with van der Waals surface area (Å²) >= 11 is 0. The Labute approximate surface area is 112 Å². The Morgan fingerprint density at radius 3 is 2.47 bits per heavy atom. The smallest absolute Gasteiger partial charge is 0.352 e. The zero-order valence-corrected chi connectivity index (χ0v) is 11.3. The van der Waals surface area contributed by atoms with Gasteiger partial charge in [-0.15, -0.1) is 0 Å². The minimum Gasteiger partial charge on any atom is -0.487 e. The number of hydrogen-bond acceptors (Lipinski definition) is 5. The van der Waals surface area contributed by atoms with Crippen LogP contribution in [0.3, 0.4) is 0 Å². The molecule has 1 rings (SSSR count). The molecule has 0 aromatic heterocycles. The van der Waals surface area contributed by atoms with Gasteiger partial charge in [0, 0.05) is 6.54 Å². The molecule has 6 nitrogen and oxygen atoms in total. The third-order valence-corrected chi connectivity index (χ3v) is 2.41. The van der Waals surface area contributed by atoms with Gasteiger partial charge in [0.2, 0.25) is 11.5 Å². The SMILES string of the molecule is CCCNCCOc1cccc(OCC)c1[N+](=O)[O-]. The number of para-hydroxylation sites is 1. The molecule has 1 N–H and O–H groups in total. The average Bonchev–Trinajstić information content (AvgIpc) is 2.38. The van der Waals surface area contributed by atoms with Crippen molar-refractivity contribution in [2.75, 3.05) is 26.3 Å². The topological polar surface area (TPSA) is 73.6 Å². The molecule has 0 aliphatic rings. The van der Waals surface area contributed by atoms with Gasteiger partial charge in [0.15, 0.2) is 0 Å². The molecule has 1 aromatic carbocycles. The van der Waals surface area contributed by atoms with E-state index in [-0.39, 0.29) is 17.2 Å². The molecule has 19 heavy (non-hydrogen) atoms. The minimum absolute atomic E-state index is 0.111. The third kappa shape index (κ3) is 4.75. The monoisotopic (exact) mass is 268 g/mol. The van der Waals surface area contributed by atoms with E-state index < -0.39 is 4.92 Å². The van der Waals surface area contributed by atoms with Gasteiger partial charge in [0.1, 0.15) is 6.61 Å². The second-order valence-corrected chi connectivity index (χ2v) is 3.89. The van der Waals surface area contributed by atoms with E-state index in [0.717, 1.165) is 13.0 Å². The summed E-state index contributed by atoms with van der Waals surface area (Å²) in [5, 5.41) is 14.3. The highest BCUT2D eigenvalue weighted by molar-refractivity contribution is 5.57. The van der Waals surface area contributed by atoms with E-state index in [9.17, 15) is 10.1 Å². The van der Waals surface area contributed by atoms with Gasteiger partial charge in [0.05, 0.1) is 11.5 Å². The van der Waals surface area contributed by atoms with Gasteiger partial charge >= 0.3 is 5.69 Å². The molecule has 0 unspecified atom stereocenters. The highest BCUT2D eigenvalue weighted by Gasteiger charge is 2.21. The Hall–Kier alpha value is -1.82. The molecule has 0 heterocycles. The van der Waals surface area contributed by atoms with Crippen molar-refractivity contribution in [2.45, 2.75) is 20.3 Å². The lowest BCUT2D eigenvalue weighted by molar-refractivity contribution is -0.386. The van der Waals surface area contributed by atoms with E-state index in [1.807, 2.05) is 0 Å². The molecule has 106 valence electrons. The molecule has 0 radical (unpaired) electrons. The summed E-state index contributed by atoms with van der Waals surface area (Å²) < 4.78 is 10.7. The summed E-state index contributed by atoms with van der Waals surface area (Å²) in [6, 6.07) is 4.84. The van der Waals surface area contributed by atoms with Gasteiger partial charge in [-0.3, -0.25) is 10.1 Å². The Balaban J connectivity index is 2.70. The number of rotatable bonds is 9. The number of nitro groups is 1. The Morgan fingerprint density at radius 1 is 1.21 bits per heavy atom. The first-order valence-corrected chi connectivity index (χ1v) is 6.44. The van der Waals surface area contributed by atoms with Crippen molar-refractivity contribution in [3.05, 3.63) is 28.3 Å². The van der Waals surface area contributed by atoms with Crippen LogP contribution in [-0.4, -0.2) is 31.2 Å². The lowest BCUT2D eigenvalue weighted by Crippen LogP contribution is -2.21. The van der Waals surface area contributed by atoms with E-state index in [0.29, 0.717) is 19.8 Å². The zero-order chi connectivity index (χ0) is 14.1. The van der Waals surface area contributed by atoms with Crippen molar-refractivity contribution >= 4 is 5.69 Å². The average molecular weight is 268 g/mol. The molecule has 6 heteroatoms. The van der Waals surface area contributed by atoms with Crippen molar-refractivity contribution in [3.63, 3.8) is 0 Å². The predicted octanol–water partition coefficient (Wildman–Crippen LogP) is 2.37. The third-order valence-electron chi connectivity index (χ3n) is 2.41. The summed E-state index contributed by atoms with van der Waals surface area (Å²) in [6.45, 7) is 6.18. The summed E-state index contributed by atoms with van der Waals surface area (Å²) in [5.74, 6) is 0.487. The predicted molar refractivity (Wildman–Crippen MR) is 72.9 cm³/mol. The lowest BCUT2D eigenvalue weighted by atomic mass is 10.2. The molecular formula is C13H20N2O4. The highest BCUT2D eigenvalue weighted by Crippen LogP contribution is 2.36. The number of hydrogen-bond donors (Lipinski definition) is 1. The van der Waals surface area contributed by atoms with Gasteiger partial charge in [-0.05, 0) is 32.0 Å². The van der Waals surface area contributed by atoms with Crippen LogP contribution in [0.15, 0.2) is 18.2 Å². The normalized spacial score (nSPS) is 10.2. The van der Waals surface area contributed by atoms with Crippen LogP contribution in [0.4, 0.5) is 5.69 Å². The number of nitrogens with one attached hydrogen (secondary N) is 1. The van der Waals surface area contributed by atoms with E-state index >= 15 is 0 Å². The number of benzene rings is 1. The molecule has 0 aliphatic carbocycles. The fourth-order valence-corrected chi connectivity index (χ4v) is 1.61. The quantitative estimate of drug-likeness (QED) is 0.423. The van der Waals surface area contributed by atoms with Gasteiger partial charge < -0.3 is 14.8 Å². The Morgan fingerprint density at radius 2 is 1.89 bits per heavy atom. The first-order chi connectivity index (χ1) is 9.20. The second-order valence-electron chi connectivity index (χ2n) is 3.89. The molecule has 0 saturated carbocycles. The minimum atomic E-state index is -0.472. The van der Waals surface area contributed by atoms with Crippen LogP contribution in [0.5, 0.6) is 11.5 Å². The first-order valence-electron chi connectivity index (χ1n) is 6.44. The van der Waals surface area contributed by atoms with Gasteiger partial charge in [-0.2, -0.15) is 0 Å². The highest BCUT2D eigenvalue weighted by atomic mass is 16.6. The molecule has 0 amide bonds. The molecule has 0 aliphatic heterocycles. The maximum Gasteiger partial charge on any atom is 0.352 e. The fraction of sp³-hybridized carbons (Fsp3) is 0.538. The van der Waals surface area contributed by atoms with Crippen molar-refractivity contribution < 1.29 is 14.4 Å². The van der Waals surface area contributed by atoms with Gasteiger partial charge in [0.25, 0.3) is 0 Å². The van der Waals surface area contributed by atoms with Crippen LogP contribution < -0.4 is 14.8 Å².